The summed E-state index contributed by atoms with van der Waals surface area (Å²) in [4.78, 5) is 24.2. The minimum absolute atomic E-state index is 0.274. The lowest BCUT2D eigenvalue weighted by atomic mass is 10.1. The Hall–Kier alpha value is -3.73. The maximum atomic E-state index is 12.2. The quantitative estimate of drug-likeness (QED) is 0.314. The molecule has 3 aromatic carbocycles. The molecule has 28 heavy (non-hydrogen) atoms. The maximum absolute atomic E-state index is 12.2. The summed E-state index contributed by atoms with van der Waals surface area (Å²) in [6, 6.07) is 21.4. The lowest BCUT2D eigenvalue weighted by molar-refractivity contribution is 0.0734. The van der Waals surface area contributed by atoms with Crippen molar-refractivity contribution in [2.24, 2.45) is 5.10 Å². The third-order valence-electron chi connectivity index (χ3n) is 4.00. The van der Waals surface area contributed by atoms with Crippen LogP contribution in [0.3, 0.4) is 0 Å². The molecule has 5 heteroatoms. The molecule has 0 saturated carbocycles. The van der Waals surface area contributed by atoms with Crippen LogP contribution in [-0.2, 0) is 0 Å². The number of esters is 1. The number of nitrogens with one attached hydrogen (secondary N) is 1. The van der Waals surface area contributed by atoms with Gasteiger partial charge in [0.2, 0.25) is 0 Å². The van der Waals surface area contributed by atoms with Gasteiger partial charge in [0.05, 0.1) is 11.8 Å². The molecular formula is C23H20N2O3. The molecule has 0 aliphatic carbocycles. The molecule has 0 heterocycles. The Morgan fingerprint density at radius 1 is 0.857 bits per heavy atom. The summed E-state index contributed by atoms with van der Waals surface area (Å²) < 4.78 is 5.37. The van der Waals surface area contributed by atoms with E-state index in [4.69, 9.17) is 4.74 Å². The van der Waals surface area contributed by atoms with Crippen molar-refractivity contribution in [1.82, 2.24) is 5.43 Å². The molecule has 0 aromatic heterocycles. The third kappa shape index (κ3) is 5.14. The van der Waals surface area contributed by atoms with Crippen LogP contribution < -0.4 is 10.2 Å². The second-order valence-electron chi connectivity index (χ2n) is 6.40. The largest absolute Gasteiger partial charge is 0.423 e. The molecule has 0 aliphatic heterocycles. The van der Waals surface area contributed by atoms with E-state index >= 15 is 0 Å². The Kier molecular flexibility index (Phi) is 5.97. The molecule has 0 saturated heterocycles. The second kappa shape index (κ2) is 8.77. The van der Waals surface area contributed by atoms with Gasteiger partial charge in [0.15, 0.2) is 0 Å². The molecule has 5 nitrogen and oxygen atoms in total. The van der Waals surface area contributed by atoms with Crippen molar-refractivity contribution in [3.05, 3.63) is 101 Å². The standard InChI is InChI=1S/C23H20N2O3/c1-16-5-3-7-19(13-16)22(26)25-24-15-18-9-11-21(12-10-18)28-23(27)20-8-4-6-17(2)14-20/h3-15H,1-2H3,(H,25,26)/b24-15-. The van der Waals surface area contributed by atoms with Gasteiger partial charge in [0, 0.05) is 5.56 Å². The van der Waals surface area contributed by atoms with Crippen LogP contribution in [0.1, 0.15) is 37.4 Å². The van der Waals surface area contributed by atoms with Crippen LogP contribution in [0.2, 0.25) is 0 Å². The van der Waals surface area contributed by atoms with Crippen molar-refractivity contribution >= 4 is 18.1 Å². The van der Waals surface area contributed by atoms with Crippen LogP contribution in [0.25, 0.3) is 0 Å². The summed E-state index contributed by atoms with van der Waals surface area (Å²) in [6.45, 7) is 3.84. The molecular weight excluding hydrogens is 352 g/mol. The Balaban J connectivity index is 1.57. The Morgan fingerprint density at radius 2 is 1.46 bits per heavy atom. The first-order chi connectivity index (χ1) is 13.5. The molecule has 0 radical (unpaired) electrons. The van der Waals surface area contributed by atoms with Gasteiger partial charge >= 0.3 is 5.97 Å². The first-order valence-electron chi connectivity index (χ1n) is 8.80. The summed E-state index contributed by atoms with van der Waals surface area (Å²) >= 11 is 0. The number of carbonyl (C=O) groups excluding carboxylic acids is 2. The van der Waals surface area contributed by atoms with E-state index in [0.29, 0.717) is 16.9 Å². The van der Waals surface area contributed by atoms with E-state index in [1.807, 2.05) is 38.1 Å². The van der Waals surface area contributed by atoms with Crippen molar-refractivity contribution in [3.8, 4) is 5.75 Å². The first-order valence-corrected chi connectivity index (χ1v) is 8.80. The van der Waals surface area contributed by atoms with Gasteiger partial charge in [0.1, 0.15) is 5.75 Å². The fourth-order valence-electron chi connectivity index (χ4n) is 2.58. The number of hydrogen-bond donors (Lipinski definition) is 1. The number of aryl methyl sites for hydroxylation is 2. The lowest BCUT2D eigenvalue weighted by Gasteiger charge is -2.05. The molecule has 0 unspecified atom stereocenters. The zero-order valence-corrected chi connectivity index (χ0v) is 15.7. The molecule has 0 aliphatic rings. The molecule has 1 amide bonds. The molecule has 0 atom stereocenters. The number of hydrazone groups is 1. The van der Waals surface area contributed by atoms with E-state index in [1.54, 1.807) is 48.5 Å². The monoisotopic (exact) mass is 372 g/mol. The number of hydrogen-bond acceptors (Lipinski definition) is 4. The Bertz CT molecular complexity index is 1020. The lowest BCUT2D eigenvalue weighted by Crippen LogP contribution is -2.17. The van der Waals surface area contributed by atoms with Gasteiger partial charge in [0.25, 0.3) is 5.91 Å². The fourth-order valence-corrected chi connectivity index (χ4v) is 2.58. The smallest absolute Gasteiger partial charge is 0.343 e. The van der Waals surface area contributed by atoms with Crippen LogP contribution in [0.15, 0.2) is 77.9 Å². The summed E-state index contributed by atoms with van der Waals surface area (Å²) in [7, 11) is 0. The predicted octanol–water partition coefficient (Wildman–Crippen LogP) is 4.29. The summed E-state index contributed by atoms with van der Waals surface area (Å²) in [6.07, 6.45) is 1.53. The van der Waals surface area contributed by atoms with Crippen LogP contribution >= 0.6 is 0 Å². The average Bonchev–Trinajstić information content (AvgIpc) is 2.69. The number of carbonyl (C=O) groups is 2. The zero-order chi connectivity index (χ0) is 19.9. The van der Waals surface area contributed by atoms with Crippen molar-refractivity contribution < 1.29 is 14.3 Å². The molecule has 3 rings (SSSR count). The molecule has 0 fully saturated rings. The zero-order valence-electron chi connectivity index (χ0n) is 15.7. The SMILES string of the molecule is Cc1cccc(C(=O)N/N=C\c2ccc(OC(=O)c3cccc(C)c3)cc2)c1. The highest BCUT2D eigenvalue weighted by atomic mass is 16.5. The molecule has 0 spiro atoms. The van der Waals surface area contributed by atoms with Crippen molar-refractivity contribution in [2.45, 2.75) is 13.8 Å². The van der Waals surface area contributed by atoms with Crippen molar-refractivity contribution in [3.63, 3.8) is 0 Å². The predicted molar refractivity (Wildman–Crippen MR) is 109 cm³/mol. The van der Waals surface area contributed by atoms with Crippen LogP contribution in [0.5, 0.6) is 5.75 Å². The van der Waals surface area contributed by atoms with Gasteiger partial charge in [-0.1, -0.05) is 35.4 Å². The van der Waals surface area contributed by atoms with Gasteiger partial charge in [-0.3, -0.25) is 4.79 Å². The minimum atomic E-state index is -0.407. The first kappa shape index (κ1) is 19.0. The van der Waals surface area contributed by atoms with Gasteiger partial charge in [-0.25, -0.2) is 10.2 Å². The van der Waals surface area contributed by atoms with Crippen molar-refractivity contribution in [2.75, 3.05) is 0 Å². The number of benzene rings is 3. The third-order valence-corrected chi connectivity index (χ3v) is 4.00. The van der Waals surface area contributed by atoms with E-state index in [-0.39, 0.29) is 5.91 Å². The van der Waals surface area contributed by atoms with Gasteiger partial charge < -0.3 is 4.74 Å². The topological polar surface area (TPSA) is 67.8 Å². The Labute approximate surface area is 163 Å². The Morgan fingerprint density at radius 3 is 2.11 bits per heavy atom. The molecule has 3 aromatic rings. The fraction of sp³-hybridized carbons (Fsp3) is 0.0870. The average molecular weight is 372 g/mol. The second-order valence-corrected chi connectivity index (χ2v) is 6.40. The highest BCUT2D eigenvalue weighted by molar-refractivity contribution is 5.95. The maximum Gasteiger partial charge on any atom is 0.343 e. The molecule has 1 N–H and O–H groups in total. The summed E-state index contributed by atoms with van der Waals surface area (Å²) in [5, 5.41) is 3.96. The number of nitrogens with zero attached hydrogens (tertiary/aromatic N) is 1. The van der Waals surface area contributed by atoms with E-state index in [9.17, 15) is 9.59 Å². The number of amides is 1. The van der Waals surface area contributed by atoms with Crippen LogP contribution in [0.4, 0.5) is 0 Å². The normalized spacial score (nSPS) is 10.6. The highest BCUT2D eigenvalue weighted by Gasteiger charge is 2.08. The van der Waals surface area contributed by atoms with Crippen LogP contribution in [-0.4, -0.2) is 18.1 Å². The summed E-state index contributed by atoms with van der Waals surface area (Å²) in [5.41, 5.74) is 6.31. The molecule has 140 valence electrons. The minimum Gasteiger partial charge on any atom is -0.423 e. The van der Waals surface area contributed by atoms with Gasteiger partial charge in [-0.05, 0) is 67.9 Å². The number of rotatable bonds is 5. The van der Waals surface area contributed by atoms with Gasteiger partial charge in [-0.2, -0.15) is 5.10 Å². The van der Waals surface area contributed by atoms with Gasteiger partial charge in [-0.15, -0.1) is 0 Å². The van der Waals surface area contributed by atoms with Crippen molar-refractivity contribution in [1.29, 1.82) is 0 Å². The van der Waals surface area contributed by atoms with E-state index in [2.05, 4.69) is 10.5 Å². The van der Waals surface area contributed by atoms with E-state index < -0.39 is 5.97 Å². The van der Waals surface area contributed by atoms with E-state index in [0.717, 1.165) is 16.7 Å². The van der Waals surface area contributed by atoms with Crippen LogP contribution in [0, 0.1) is 13.8 Å². The summed E-state index contributed by atoms with van der Waals surface area (Å²) in [5.74, 6) is -0.244. The highest BCUT2D eigenvalue weighted by Crippen LogP contribution is 2.14. The molecule has 0 bridgehead atoms. The van der Waals surface area contributed by atoms with E-state index in [1.165, 1.54) is 6.21 Å². The number of ether oxygens (including phenoxy) is 1.